The van der Waals surface area contributed by atoms with Crippen LogP contribution in [-0.4, -0.2) is 18.1 Å². The molecule has 0 aromatic carbocycles. The van der Waals surface area contributed by atoms with Crippen molar-refractivity contribution in [1.82, 2.24) is 10.5 Å². The summed E-state index contributed by atoms with van der Waals surface area (Å²) in [6.07, 6.45) is 2.59. The van der Waals surface area contributed by atoms with Gasteiger partial charge in [0.2, 0.25) is 0 Å². The van der Waals surface area contributed by atoms with E-state index in [0.29, 0.717) is 18.3 Å². The molecule has 0 bridgehead atoms. The van der Waals surface area contributed by atoms with Gasteiger partial charge in [-0.3, -0.25) is 4.84 Å². The number of hydrogen-bond donors (Lipinski definition) is 2. The number of pyridine rings is 1. The third kappa shape index (κ3) is 4.53. The first kappa shape index (κ1) is 11.4. The highest BCUT2D eigenvalue weighted by Gasteiger charge is 1.93. The van der Waals surface area contributed by atoms with Crippen LogP contribution in [0.4, 0.5) is 0 Å². The summed E-state index contributed by atoms with van der Waals surface area (Å²) in [4.78, 5) is 9.10. The van der Waals surface area contributed by atoms with E-state index in [1.165, 1.54) is 0 Å². The Morgan fingerprint density at radius 3 is 3.00 bits per heavy atom. The lowest BCUT2D eigenvalue weighted by Gasteiger charge is -2.04. The van der Waals surface area contributed by atoms with Crippen molar-refractivity contribution in [2.75, 3.05) is 13.1 Å². The lowest BCUT2D eigenvalue weighted by molar-refractivity contribution is 0.0278. The molecule has 0 atom stereocenters. The quantitative estimate of drug-likeness (QED) is 0.424. The summed E-state index contributed by atoms with van der Waals surface area (Å²) in [5, 5.41) is 0.491. The zero-order valence-corrected chi connectivity index (χ0v) is 8.63. The highest BCUT2D eigenvalue weighted by Crippen LogP contribution is 2.05. The first-order chi connectivity index (χ1) is 6.83. The van der Waals surface area contributed by atoms with Crippen LogP contribution < -0.4 is 11.2 Å². The highest BCUT2D eigenvalue weighted by molar-refractivity contribution is 6.29. The van der Waals surface area contributed by atoms with Gasteiger partial charge in [0.25, 0.3) is 0 Å². The number of nitrogens with two attached hydrogens (primary N) is 1. The van der Waals surface area contributed by atoms with Crippen LogP contribution >= 0.6 is 11.6 Å². The van der Waals surface area contributed by atoms with Gasteiger partial charge in [0.05, 0.1) is 6.61 Å². The summed E-state index contributed by atoms with van der Waals surface area (Å²) in [5.74, 6) is 0. The van der Waals surface area contributed by atoms with Crippen LogP contribution in [0.3, 0.4) is 0 Å². The van der Waals surface area contributed by atoms with Gasteiger partial charge in [-0.15, -0.1) is 0 Å². The van der Waals surface area contributed by atoms with E-state index in [0.717, 1.165) is 18.5 Å². The van der Waals surface area contributed by atoms with Crippen molar-refractivity contribution in [3.05, 3.63) is 29.0 Å². The van der Waals surface area contributed by atoms with Gasteiger partial charge < -0.3 is 5.73 Å². The lowest BCUT2D eigenvalue weighted by Crippen LogP contribution is -2.18. The summed E-state index contributed by atoms with van der Waals surface area (Å²) < 4.78 is 0. The predicted octanol–water partition coefficient (Wildman–Crippen LogP) is 1.10. The molecule has 1 aromatic rings. The molecule has 1 heterocycles. The van der Waals surface area contributed by atoms with Gasteiger partial charge in [-0.25, -0.2) is 10.5 Å². The predicted molar refractivity (Wildman–Crippen MR) is 55.7 cm³/mol. The SMILES string of the molecule is NCCCNOCc1ccc(Cl)nc1. The Morgan fingerprint density at radius 2 is 2.36 bits per heavy atom. The zero-order chi connectivity index (χ0) is 10.2. The molecule has 0 aliphatic carbocycles. The second kappa shape index (κ2) is 6.73. The van der Waals surface area contributed by atoms with Crippen LogP contribution in [0.2, 0.25) is 5.15 Å². The van der Waals surface area contributed by atoms with E-state index in [2.05, 4.69) is 10.5 Å². The smallest absolute Gasteiger partial charge is 0.129 e. The van der Waals surface area contributed by atoms with Crippen LogP contribution in [0, 0.1) is 0 Å². The molecule has 78 valence electrons. The van der Waals surface area contributed by atoms with Gasteiger partial charge in [0, 0.05) is 12.7 Å². The summed E-state index contributed by atoms with van der Waals surface area (Å²) in [6.45, 7) is 1.91. The maximum Gasteiger partial charge on any atom is 0.129 e. The number of rotatable bonds is 6. The van der Waals surface area contributed by atoms with Gasteiger partial charge in [-0.2, -0.15) is 0 Å². The lowest BCUT2D eigenvalue weighted by atomic mass is 10.3. The zero-order valence-electron chi connectivity index (χ0n) is 7.87. The molecule has 0 aliphatic rings. The summed E-state index contributed by atoms with van der Waals surface area (Å²) in [6, 6.07) is 3.61. The van der Waals surface area contributed by atoms with E-state index in [-0.39, 0.29) is 0 Å². The van der Waals surface area contributed by atoms with E-state index < -0.39 is 0 Å². The molecule has 0 fully saturated rings. The molecule has 1 rings (SSSR count). The molecule has 1 aromatic heterocycles. The van der Waals surface area contributed by atoms with E-state index in [4.69, 9.17) is 22.2 Å². The van der Waals surface area contributed by atoms with Crippen molar-refractivity contribution in [1.29, 1.82) is 0 Å². The molecule has 0 spiro atoms. The Morgan fingerprint density at radius 1 is 1.50 bits per heavy atom. The van der Waals surface area contributed by atoms with Crippen molar-refractivity contribution >= 4 is 11.6 Å². The normalized spacial score (nSPS) is 10.4. The molecular weight excluding hydrogens is 202 g/mol. The Labute approximate surface area is 88.4 Å². The van der Waals surface area contributed by atoms with Crippen LogP contribution in [-0.2, 0) is 11.4 Å². The molecule has 0 saturated heterocycles. The average Bonchev–Trinajstić information content (AvgIpc) is 2.21. The minimum atomic E-state index is 0.481. The molecule has 14 heavy (non-hydrogen) atoms. The minimum absolute atomic E-state index is 0.481. The Bertz CT molecular complexity index is 253. The number of halogens is 1. The monoisotopic (exact) mass is 215 g/mol. The minimum Gasteiger partial charge on any atom is -0.330 e. The van der Waals surface area contributed by atoms with Gasteiger partial charge in [0.15, 0.2) is 0 Å². The van der Waals surface area contributed by atoms with Crippen LogP contribution in [0.15, 0.2) is 18.3 Å². The molecule has 0 radical (unpaired) electrons. The van der Waals surface area contributed by atoms with Gasteiger partial charge in [-0.1, -0.05) is 17.7 Å². The third-order valence-corrected chi connectivity index (χ3v) is 1.84. The number of hydroxylamine groups is 1. The van der Waals surface area contributed by atoms with Crippen LogP contribution in [0.1, 0.15) is 12.0 Å². The first-order valence-corrected chi connectivity index (χ1v) is 4.86. The number of aromatic nitrogens is 1. The van der Waals surface area contributed by atoms with E-state index >= 15 is 0 Å². The second-order valence-electron chi connectivity index (χ2n) is 2.81. The fourth-order valence-corrected chi connectivity index (χ4v) is 0.984. The Hall–Kier alpha value is -0.680. The standard InChI is InChI=1S/C9H14ClN3O/c10-9-3-2-8(6-12-9)7-14-13-5-1-4-11/h2-3,6,13H,1,4-5,7,11H2. The number of nitrogens with zero attached hydrogens (tertiary/aromatic N) is 1. The summed E-state index contributed by atoms with van der Waals surface area (Å²) >= 11 is 5.63. The topological polar surface area (TPSA) is 60.2 Å². The number of nitrogens with one attached hydrogen (secondary N) is 1. The van der Waals surface area contributed by atoms with Crippen molar-refractivity contribution in [2.45, 2.75) is 13.0 Å². The summed E-state index contributed by atoms with van der Waals surface area (Å²) in [5.41, 5.74) is 9.11. The van der Waals surface area contributed by atoms with E-state index in [1.807, 2.05) is 6.07 Å². The summed E-state index contributed by atoms with van der Waals surface area (Å²) in [7, 11) is 0. The van der Waals surface area contributed by atoms with E-state index in [1.54, 1.807) is 12.3 Å². The second-order valence-corrected chi connectivity index (χ2v) is 3.20. The average molecular weight is 216 g/mol. The van der Waals surface area contributed by atoms with Crippen molar-refractivity contribution in [2.24, 2.45) is 5.73 Å². The molecule has 4 nitrogen and oxygen atoms in total. The third-order valence-electron chi connectivity index (χ3n) is 1.61. The van der Waals surface area contributed by atoms with Crippen molar-refractivity contribution in [3.63, 3.8) is 0 Å². The fraction of sp³-hybridized carbons (Fsp3) is 0.444. The van der Waals surface area contributed by atoms with Crippen molar-refractivity contribution < 1.29 is 4.84 Å². The van der Waals surface area contributed by atoms with Crippen LogP contribution in [0.5, 0.6) is 0 Å². The Kier molecular flexibility index (Phi) is 5.47. The molecule has 0 aliphatic heterocycles. The van der Waals surface area contributed by atoms with Crippen LogP contribution in [0.25, 0.3) is 0 Å². The molecule has 5 heteroatoms. The molecule has 0 amide bonds. The maximum absolute atomic E-state index is 5.63. The highest BCUT2D eigenvalue weighted by atomic mass is 35.5. The molecule has 0 unspecified atom stereocenters. The fourth-order valence-electron chi connectivity index (χ4n) is 0.873. The van der Waals surface area contributed by atoms with Crippen molar-refractivity contribution in [3.8, 4) is 0 Å². The van der Waals surface area contributed by atoms with E-state index in [9.17, 15) is 0 Å². The molecule has 0 saturated carbocycles. The van der Waals surface area contributed by atoms with Gasteiger partial charge >= 0.3 is 0 Å². The largest absolute Gasteiger partial charge is 0.330 e. The molecular formula is C9H14ClN3O. The Balaban J connectivity index is 2.15. The van der Waals surface area contributed by atoms with Gasteiger partial charge in [0.1, 0.15) is 5.15 Å². The first-order valence-electron chi connectivity index (χ1n) is 4.48. The maximum atomic E-state index is 5.63. The van der Waals surface area contributed by atoms with Gasteiger partial charge in [-0.05, 0) is 24.6 Å². The molecule has 3 N–H and O–H groups in total. The number of hydrogen-bond acceptors (Lipinski definition) is 4.